The molecule has 106 valence electrons. The van der Waals surface area contributed by atoms with E-state index in [9.17, 15) is 4.79 Å². The van der Waals surface area contributed by atoms with E-state index in [1.54, 1.807) is 33.9 Å². The molecule has 7 heteroatoms. The van der Waals surface area contributed by atoms with E-state index in [2.05, 4.69) is 4.74 Å². The number of carbonyl (C=O) groups is 1. The standard InChI is InChI=1S/C13H12O4S3/c1-15-10-5-8(11-6-13(18)20-19-11)3-4-9(10)17-7-12(14)16-2/h3-6H,7H2,1-2H3. The number of hydrogen-bond donors (Lipinski definition) is 0. The minimum absolute atomic E-state index is 0.149. The van der Waals surface area contributed by atoms with E-state index in [0.717, 1.165) is 14.3 Å². The fraction of sp³-hybridized carbons (Fsp3) is 0.231. The second-order valence-electron chi connectivity index (χ2n) is 3.72. The van der Waals surface area contributed by atoms with Gasteiger partial charge in [0, 0.05) is 4.88 Å². The summed E-state index contributed by atoms with van der Waals surface area (Å²) in [6.45, 7) is -0.149. The number of methoxy groups -OCH3 is 2. The summed E-state index contributed by atoms with van der Waals surface area (Å²) in [6.07, 6.45) is 0. The zero-order chi connectivity index (χ0) is 14.5. The van der Waals surface area contributed by atoms with Crippen LogP contribution in [0.3, 0.4) is 0 Å². The van der Waals surface area contributed by atoms with Gasteiger partial charge in [0.15, 0.2) is 18.1 Å². The molecule has 2 aromatic rings. The molecule has 1 heterocycles. The monoisotopic (exact) mass is 328 g/mol. The maximum atomic E-state index is 11.1. The molecule has 20 heavy (non-hydrogen) atoms. The van der Waals surface area contributed by atoms with Gasteiger partial charge in [0.05, 0.1) is 14.2 Å². The number of benzene rings is 1. The Morgan fingerprint density at radius 1 is 1.20 bits per heavy atom. The van der Waals surface area contributed by atoms with Gasteiger partial charge in [-0.15, -0.1) is 0 Å². The van der Waals surface area contributed by atoms with Crippen molar-refractivity contribution in [3.8, 4) is 21.9 Å². The van der Waals surface area contributed by atoms with Crippen molar-refractivity contribution in [1.29, 1.82) is 0 Å². The first-order valence-corrected chi connectivity index (χ1v) is 8.18. The summed E-state index contributed by atoms with van der Waals surface area (Å²) in [5.74, 6) is 0.628. The quantitative estimate of drug-likeness (QED) is 0.475. The van der Waals surface area contributed by atoms with E-state index in [0.29, 0.717) is 11.5 Å². The molecule has 1 aromatic carbocycles. The molecule has 0 amide bonds. The van der Waals surface area contributed by atoms with E-state index < -0.39 is 5.97 Å². The van der Waals surface area contributed by atoms with Crippen molar-refractivity contribution in [3.63, 3.8) is 0 Å². The Morgan fingerprint density at radius 3 is 2.60 bits per heavy atom. The predicted octanol–water partition coefficient (Wildman–Crippen LogP) is 3.77. The van der Waals surface area contributed by atoms with Crippen LogP contribution in [0.5, 0.6) is 11.5 Å². The van der Waals surface area contributed by atoms with Crippen LogP contribution in [-0.2, 0) is 9.53 Å². The zero-order valence-electron chi connectivity index (χ0n) is 10.9. The van der Waals surface area contributed by atoms with Crippen LogP contribution in [0, 0.1) is 3.82 Å². The lowest BCUT2D eigenvalue weighted by atomic mass is 10.1. The molecule has 0 atom stereocenters. The molecule has 0 N–H and O–H groups in total. The number of ether oxygens (including phenoxy) is 3. The van der Waals surface area contributed by atoms with Gasteiger partial charge in [-0.3, -0.25) is 0 Å². The molecular formula is C13H12O4S3. The van der Waals surface area contributed by atoms with Gasteiger partial charge >= 0.3 is 5.97 Å². The summed E-state index contributed by atoms with van der Waals surface area (Å²) in [4.78, 5) is 12.2. The van der Waals surface area contributed by atoms with Gasteiger partial charge in [0.1, 0.15) is 3.82 Å². The highest BCUT2D eigenvalue weighted by molar-refractivity contribution is 7.80. The van der Waals surface area contributed by atoms with E-state index >= 15 is 0 Å². The normalized spacial score (nSPS) is 10.1. The first-order valence-electron chi connectivity index (χ1n) is 5.62. The summed E-state index contributed by atoms with van der Waals surface area (Å²) in [6, 6.07) is 7.49. The SMILES string of the molecule is COC(=O)COc1ccc(-c2cc(=S)ss2)cc1OC. The van der Waals surface area contributed by atoms with E-state index in [1.807, 2.05) is 18.2 Å². The van der Waals surface area contributed by atoms with Crippen molar-refractivity contribution in [3.05, 3.63) is 28.1 Å². The largest absolute Gasteiger partial charge is 0.493 e. The Hall–Kier alpha value is -1.44. The van der Waals surface area contributed by atoms with Crippen LogP contribution in [-0.4, -0.2) is 26.8 Å². The van der Waals surface area contributed by atoms with Gasteiger partial charge < -0.3 is 14.2 Å². The highest BCUT2D eigenvalue weighted by Gasteiger charge is 2.10. The molecule has 0 unspecified atom stereocenters. The van der Waals surface area contributed by atoms with E-state index in [-0.39, 0.29) is 6.61 Å². The van der Waals surface area contributed by atoms with Crippen molar-refractivity contribution in [1.82, 2.24) is 0 Å². The fourth-order valence-corrected chi connectivity index (χ4v) is 3.90. The Labute approximate surface area is 128 Å². The molecule has 0 radical (unpaired) electrons. The first kappa shape index (κ1) is 15.0. The van der Waals surface area contributed by atoms with Crippen molar-refractivity contribution >= 4 is 38.9 Å². The van der Waals surface area contributed by atoms with Crippen molar-refractivity contribution in [2.45, 2.75) is 0 Å². The summed E-state index contributed by atoms with van der Waals surface area (Å²) in [7, 11) is 6.04. The zero-order valence-corrected chi connectivity index (χ0v) is 13.3. The number of hydrogen-bond acceptors (Lipinski definition) is 7. The van der Waals surface area contributed by atoms with Crippen LogP contribution in [0.25, 0.3) is 10.4 Å². The smallest absolute Gasteiger partial charge is 0.343 e. The molecule has 0 aliphatic heterocycles. The molecule has 2 rings (SSSR count). The molecule has 0 spiro atoms. The summed E-state index contributed by atoms with van der Waals surface area (Å²) < 4.78 is 16.0. The molecule has 0 bridgehead atoms. The molecule has 4 nitrogen and oxygen atoms in total. The lowest BCUT2D eigenvalue weighted by Crippen LogP contribution is -2.12. The molecule has 0 aliphatic rings. The third-order valence-corrected chi connectivity index (χ3v) is 5.39. The Kier molecular flexibility index (Phi) is 5.11. The lowest BCUT2D eigenvalue weighted by Gasteiger charge is -2.10. The Balaban J connectivity index is 2.23. The number of esters is 1. The maximum Gasteiger partial charge on any atom is 0.343 e. The Morgan fingerprint density at radius 2 is 2.00 bits per heavy atom. The average molecular weight is 328 g/mol. The summed E-state index contributed by atoms with van der Waals surface area (Å²) in [5, 5.41) is 0. The maximum absolute atomic E-state index is 11.1. The van der Waals surface area contributed by atoms with Crippen LogP contribution in [0.4, 0.5) is 0 Å². The van der Waals surface area contributed by atoms with Gasteiger partial charge in [-0.2, -0.15) is 0 Å². The highest BCUT2D eigenvalue weighted by atomic mass is 32.9. The van der Waals surface area contributed by atoms with Crippen LogP contribution in [0.1, 0.15) is 0 Å². The van der Waals surface area contributed by atoms with Crippen LogP contribution >= 0.6 is 32.9 Å². The van der Waals surface area contributed by atoms with Gasteiger partial charge in [-0.25, -0.2) is 4.79 Å². The third kappa shape index (κ3) is 3.56. The second-order valence-corrected chi connectivity index (χ2v) is 6.64. The minimum Gasteiger partial charge on any atom is -0.493 e. The van der Waals surface area contributed by atoms with Crippen molar-refractivity contribution in [2.24, 2.45) is 0 Å². The molecule has 0 aliphatic carbocycles. The van der Waals surface area contributed by atoms with Gasteiger partial charge in [-0.1, -0.05) is 32.9 Å². The number of carbonyl (C=O) groups excluding carboxylic acids is 1. The third-order valence-electron chi connectivity index (χ3n) is 2.48. The minimum atomic E-state index is -0.438. The second kappa shape index (κ2) is 6.83. The topological polar surface area (TPSA) is 44.8 Å². The van der Waals surface area contributed by atoms with Crippen LogP contribution < -0.4 is 9.47 Å². The predicted molar refractivity (Wildman–Crippen MR) is 82.5 cm³/mol. The van der Waals surface area contributed by atoms with E-state index in [4.69, 9.17) is 21.7 Å². The summed E-state index contributed by atoms with van der Waals surface area (Å²) >= 11 is 5.13. The lowest BCUT2D eigenvalue weighted by molar-refractivity contribution is -0.142. The van der Waals surface area contributed by atoms with Crippen LogP contribution in [0.15, 0.2) is 24.3 Å². The van der Waals surface area contributed by atoms with Gasteiger partial charge in [-0.05, 0) is 29.8 Å². The van der Waals surface area contributed by atoms with Gasteiger partial charge in [0.25, 0.3) is 0 Å². The average Bonchev–Trinajstić information content (AvgIpc) is 2.91. The molecule has 0 saturated heterocycles. The first-order chi connectivity index (χ1) is 9.63. The molecule has 0 saturated carbocycles. The fourth-order valence-electron chi connectivity index (χ4n) is 1.51. The van der Waals surface area contributed by atoms with E-state index in [1.165, 1.54) is 7.11 Å². The van der Waals surface area contributed by atoms with Crippen LogP contribution in [0.2, 0.25) is 0 Å². The highest BCUT2D eigenvalue weighted by Crippen LogP contribution is 2.36. The number of rotatable bonds is 5. The molecule has 0 fully saturated rings. The molecular weight excluding hydrogens is 316 g/mol. The van der Waals surface area contributed by atoms with Crippen molar-refractivity contribution < 1.29 is 19.0 Å². The summed E-state index contributed by atoms with van der Waals surface area (Å²) in [5.41, 5.74) is 1.00. The molecule has 1 aromatic heterocycles. The van der Waals surface area contributed by atoms with Crippen molar-refractivity contribution in [2.75, 3.05) is 20.8 Å². The van der Waals surface area contributed by atoms with Gasteiger partial charge in [0.2, 0.25) is 0 Å². The Bertz CT molecular complexity index is 660.